The first-order valence-electron chi connectivity index (χ1n) is 8.75. The first-order valence-corrected chi connectivity index (χ1v) is 8.75. The predicted molar refractivity (Wildman–Crippen MR) is 98.2 cm³/mol. The van der Waals surface area contributed by atoms with E-state index < -0.39 is 18.0 Å². The van der Waals surface area contributed by atoms with E-state index in [2.05, 4.69) is 0 Å². The Morgan fingerprint density at radius 1 is 1.08 bits per heavy atom. The van der Waals surface area contributed by atoms with Crippen molar-refractivity contribution in [3.05, 3.63) is 65.7 Å². The van der Waals surface area contributed by atoms with Gasteiger partial charge in [0.1, 0.15) is 5.75 Å². The minimum absolute atomic E-state index is 0.185. The number of benzene rings is 2. The van der Waals surface area contributed by atoms with Crippen molar-refractivity contribution in [1.82, 2.24) is 4.90 Å². The van der Waals surface area contributed by atoms with E-state index in [1.165, 1.54) is 0 Å². The Morgan fingerprint density at radius 2 is 1.73 bits per heavy atom. The molecule has 0 aliphatic carbocycles. The zero-order valence-corrected chi connectivity index (χ0v) is 15.0. The summed E-state index contributed by atoms with van der Waals surface area (Å²) >= 11 is 0. The van der Waals surface area contributed by atoms with Crippen LogP contribution >= 0.6 is 0 Å². The number of aryl methyl sites for hydroxylation is 1. The molecule has 0 radical (unpaired) electrons. The molecule has 1 heterocycles. The molecule has 0 spiro atoms. The number of ether oxygens (including phenoxy) is 1. The van der Waals surface area contributed by atoms with E-state index in [0.717, 1.165) is 11.1 Å². The molecule has 1 unspecified atom stereocenters. The van der Waals surface area contributed by atoms with E-state index in [0.29, 0.717) is 12.3 Å². The highest BCUT2D eigenvalue weighted by Gasteiger charge is 2.41. The summed E-state index contributed by atoms with van der Waals surface area (Å²) in [4.78, 5) is 26.1. The quantitative estimate of drug-likeness (QED) is 0.897. The number of amides is 1. The molecule has 2 aromatic rings. The summed E-state index contributed by atoms with van der Waals surface area (Å²) in [5, 5.41) is 9.58. The van der Waals surface area contributed by atoms with Gasteiger partial charge in [0.2, 0.25) is 0 Å². The minimum Gasteiger partial charge on any atom is -0.481 e. The van der Waals surface area contributed by atoms with Crippen LogP contribution in [-0.4, -0.2) is 41.1 Å². The van der Waals surface area contributed by atoms with Crippen molar-refractivity contribution < 1.29 is 19.4 Å². The molecule has 0 bridgehead atoms. The van der Waals surface area contributed by atoms with Gasteiger partial charge in [0.05, 0.1) is 5.92 Å². The van der Waals surface area contributed by atoms with Crippen LogP contribution in [0.4, 0.5) is 0 Å². The second-order valence-corrected chi connectivity index (χ2v) is 6.78. The lowest BCUT2D eigenvalue weighted by Crippen LogP contribution is -2.39. The third-order valence-electron chi connectivity index (χ3n) is 4.86. The van der Waals surface area contributed by atoms with Gasteiger partial charge in [-0.15, -0.1) is 0 Å². The number of carboxylic acids is 1. The first kappa shape index (κ1) is 18.0. The van der Waals surface area contributed by atoms with Gasteiger partial charge in [0.15, 0.2) is 6.10 Å². The van der Waals surface area contributed by atoms with Crippen LogP contribution in [0.2, 0.25) is 0 Å². The number of hydrogen-bond acceptors (Lipinski definition) is 3. The first-order chi connectivity index (χ1) is 12.5. The Morgan fingerprint density at radius 3 is 2.35 bits per heavy atom. The van der Waals surface area contributed by atoms with Gasteiger partial charge in [-0.25, -0.2) is 0 Å². The zero-order chi connectivity index (χ0) is 18.7. The molecular formula is C21H23NO4. The summed E-state index contributed by atoms with van der Waals surface area (Å²) < 4.78 is 5.74. The number of hydrogen-bond donors (Lipinski definition) is 1. The van der Waals surface area contributed by atoms with Gasteiger partial charge in [-0.3, -0.25) is 9.59 Å². The fourth-order valence-corrected chi connectivity index (χ4v) is 3.40. The lowest BCUT2D eigenvalue weighted by molar-refractivity contribution is -0.142. The molecule has 1 aliphatic rings. The fourth-order valence-electron chi connectivity index (χ4n) is 3.40. The van der Waals surface area contributed by atoms with Crippen LogP contribution in [-0.2, 0) is 9.59 Å². The van der Waals surface area contributed by atoms with Gasteiger partial charge < -0.3 is 14.7 Å². The maximum absolute atomic E-state index is 12.8. The highest BCUT2D eigenvalue weighted by atomic mass is 16.5. The summed E-state index contributed by atoms with van der Waals surface area (Å²) in [6.45, 7) is 4.28. The van der Waals surface area contributed by atoms with Crippen molar-refractivity contribution in [2.75, 3.05) is 13.1 Å². The number of carbonyl (C=O) groups excluding carboxylic acids is 1. The molecule has 0 aromatic heterocycles. The minimum atomic E-state index is -0.874. The monoisotopic (exact) mass is 353 g/mol. The molecular weight excluding hydrogens is 330 g/mol. The van der Waals surface area contributed by atoms with E-state index in [9.17, 15) is 14.7 Å². The second-order valence-electron chi connectivity index (χ2n) is 6.78. The SMILES string of the molecule is Cc1ccc(OC(C)C(=O)N2C[C@H](C(=O)O)[C@H](c3ccccc3)C2)cc1. The predicted octanol–water partition coefficient (Wildman–Crippen LogP) is 3.09. The van der Waals surface area contributed by atoms with Gasteiger partial charge in [0.25, 0.3) is 5.91 Å². The molecule has 2 aromatic carbocycles. The van der Waals surface area contributed by atoms with Crippen LogP contribution in [0.1, 0.15) is 24.0 Å². The summed E-state index contributed by atoms with van der Waals surface area (Å²) in [5.74, 6) is -1.24. The van der Waals surface area contributed by atoms with Gasteiger partial charge in [-0.1, -0.05) is 48.0 Å². The molecule has 1 aliphatic heterocycles. The van der Waals surface area contributed by atoms with Crippen molar-refractivity contribution in [2.45, 2.75) is 25.9 Å². The van der Waals surface area contributed by atoms with Crippen molar-refractivity contribution >= 4 is 11.9 Å². The number of aliphatic carboxylic acids is 1. The van der Waals surface area contributed by atoms with Crippen molar-refractivity contribution in [3.63, 3.8) is 0 Å². The van der Waals surface area contributed by atoms with Crippen LogP contribution < -0.4 is 4.74 Å². The average molecular weight is 353 g/mol. The fraction of sp³-hybridized carbons (Fsp3) is 0.333. The van der Waals surface area contributed by atoms with E-state index >= 15 is 0 Å². The highest BCUT2D eigenvalue weighted by molar-refractivity contribution is 5.83. The largest absolute Gasteiger partial charge is 0.481 e. The molecule has 5 nitrogen and oxygen atoms in total. The number of carbonyl (C=O) groups is 2. The highest BCUT2D eigenvalue weighted by Crippen LogP contribution is 2.33. The Hall–Kier alpha value is -2.82. The molecule has 1 saturated heterocycles. The van der Waals surface area contributed by atoms with Crippen LogP contribution in [0.5, 0.6) is 5.75 Å². The van der Waals surface area contributed by atoms with Gasteiger partial charge in [-0.05, 0) is 31.5 Å². The summed E-state index contributed by atoms with van der Waals surface area (Å²) in [6, 6.07) is 17.0. The second kappa shape index (κ2) is 7.60. The van der Waals surface area contributed by atoms with Gasteiger partial charge >= 0.3 is 5.97 Å². The lowest BCUT2D eigenvalue weighted by Gasteiger charge is -2.22. The molecule has 1 fully saturated rings. The van der Waals surface area contributed by atoms with Crippen molar-refractivity contribution in [2.24, 2.45) is 5.92 Å². The number of nitrogens with zero attached hydrogens (tertiary/aromatic N) is 1. The van der Waals surface area contributed by atoms with Crippen molar-refractivity contribution in [1.29, 1.82) is 0 Å². The number of rotatable bonds is 5. The van der Waals surface area contributed by atoms with E-state index in [1.54, 1.807) is 11.8 Å². The van der Waals surface area contributed by atoms with Crippen molar-refractivity contribution in [3.8, 4) is 5.75 Å². The zero-order valence-electron chi connectivity index (χ0n) is 15.0. The van der Waals surface area contributed by atoms with Crippen LogP contribution in [0.25, 0.3) is 0 Å². The maximum atomic E-state index is 12.8. The maximum Gasteiger partial charge on any atom is 0.308 e. The molecule has 0 saturated carbocycles. The van der Waals surface area contributed by atoms with Crippen LogP contribution in [0, 0.1) is 12.8 Å². The lowest BCUT2D eigenvalue weighted by atomic mass is 9.89. The molecule has 3 rings (SSSR count). The Kier molecular flexibility index (Phi) is 5.26. The molecule has 1 amide bonds. The van der Waals surface area contributed by atoms with Crippen LogP contribution in [0.3, 0.4) is 0 Å². The Bertz CT molecular complexity index is 772. The topological polar surface area (TPSA) is 66.8 Å². The number of carboxylic acid groups (broad SMARTS) is 1. The molecule has 5 heteroatoms. The summed E-state index contributed by atoms with van der Waals surface area (Å²) in [7, 11) is 0. The molecule has 26 heavy (non-hydrogen) atoms. The summed E-state index contributed by atoms with van der Waals surface area (Å²) in [6.07, 6.45) is -0.665. The van der Waals surface area contributed by atoms with Crippen LogP contribution in [0.15, 0.2) is 54.6 Å². The third kappa shape index (κ3) is 3.87. The Balaban J connectivity index is 1.71. The van der Waals surface area contributed by atoms with Gasteiger partial charge in [0, 0.05) is 19.0 Å². The van der Waals surface area contributed by atoms with E-state index in [4.69, 9.17) is 4.74 Å². The number of likely N-dealkylation sites (tertiary alicyclic amines) is 1. The average Bonchev–Trinajstić information content (AvgIpc) is 3.09. The Labute approximate surface area is 153 Å². The third-order valence-corrected chi connectivity index (χ3v) is 4.86. The standard InChI is InChI=1S/C21H23NO4/c1-14-8-10-17(11-9-14)26-15(2)20(23)22-12-18(19(13-22)21(24)25)16-6-4-3-5-7-16/h3-11,15,18-19H,12-13H2,1-2H3,(H,24,25)/t15?,18-,19-/m0/s1. The summed E-state index contributed by atoms with van der Waals surface area (Å²) in [5.41, 5.74) is 2.06. The smallest absolute Gasteiger partial charge is 0.308 e. The van der Waals surface area contributed by atoms with E-state index in [-0.39, 0.29) is 18.4 Å². The van der Waals surface area contributed by atoms with E-state index in [1.807, 2.05) is 61.5 Å². The normalized spacial score (nSPS) is 20.6. The molecule has 136 valence electrons. The molecule has 3 atom stereocenters. The van der Waals surface area contributed by atoms with Gasteiger partial charge in [-0.2, -0.15) is 0 Å². The molecule has 1 N–H and O–H groups in total.